The van der Waals surface area contributed by atoms with Gasteiger partial charge in [-0.1, -0.05) is 18.2 Å². The van der Waals surface area contributed by atoms with Crippen molar-refractivity contribution in [2.24, 2.45) is 11.8 Å². The highest BCUT2D eigenvalue weighted by molar-refractivity contribution is 5.84. The van der Waals surface area contributed by atoms with Gasteiger partial charge >= 0.3 is 5.97 Å². The molecule has 1 aliphatic heterocycles. The highest BCUT2D eigenvalue weighted by atomic mass is 16.6. The maximum Gasteiger partial charge on any atom is 0.307 e. The van der Waals surface area contributed by atoms with Gasteiger partial charge in [-0.2, -0.15) is 0 Å². The van der Waals surface area contributed by atoms with E-state index in [1.54, 1.807) is 0 Å². The van der Waals surface area contributed by atoms with E-state index in [2.05, 4.69) is 4.98 Å². The van der Waals surface area contributed by atoms with Crippen molar-refractivity contribution in [1.29, 1.82) is 0 Å². The summed E-state index contributed by atoms with van der Waals surface area (Å²) in [5.74, 6) is 1.05. The third-order valence-corrected chi connectivity index (χ3v) is 5.38. The molecule has 1 aliphatic carbocycles. The van der Waals surface area contributed by atoms with Gasteiger partial charge in [0.05, 0.1) is 24.6 Å². The van der Waals surface area contributed by atoms with Gasteiger partial charge < -0.3 is 14.1 Å². The molecule has 1 unspecified atom stereocenters. The molecule has 1 saturated carbocycles. The fourth-order valence-corrected chi connectivity index (χ4v) is 3.84. The number of aromatic nitrogens is 1. The SMILES string of the molecule is CC(C)(C)OC(=O)CC(C(=O)N1CCc2nc(-c3ccccc3)oc2C1)C1CC1. The van der Waals surface area contributed by atoms with Gasteiger partial charge in [0.1, 0.15) is 11.4 Å². The zero-order chi connectivity index (χ0) is 20.6. The van der Waals surface area contributed by atoms with E-state index in [0.717, 1.165) is 29.9 Å². The van der Waals surface area contributed by atoms with E-state index in [0.29, 0.717) is 25.4 Å². The molecule has 0 saturated heterocycles. The summed E-state index contributed by atoms with van der Waals surface area (Å²) in [4.78, 5) is 32.0. The molecule has 29 heavy (non-hydrogen) atoms. The third kappa shape index (κ3) is 4.69. The third-order valence-electron chi connectivity index (χ3n) is 5.38. The van der Waals surface area contributed by atoms with E-state index in [1.165, 1.54) is 0 Å². The lowest BCUT2D eigenvalue weighted by Gasteiger charge is -2.29. The minimum absolute atomic E-state index is 0.0293. The minimum atomic E-state index is -0.540. The van der Waals surface area contributed by atoms with Gasteiger partial charge in [-0.05, 0) is 51.7 Å². The summed E-state index contributed by atoms with van der Waals surface area (Å²) in [5.41, 5.74) is 1.31. The molecule has 1 aromatic heterocycles. The largest absolute Gasteiger partial charge is 0.460 e. The fourth-order valence-electron chi connectivity index (χ4n) is 3.84. The normalized spacial score (nSPS) is 17.6. The second kappa shape index (κ2) is 7.65. The lowest BCUT2D eigenvalue weighted by Crippen LogP contribution is -2.41. The van der Waals surface area contributed by atoms with Crippen molar-refractivity contribution in [2.75, 3.05) is 6.54 Å². The molecule has 1 aromatic carbocycles. The molecule has 6 heteroatoms. The van der Waals surface area contributed by atoms with Gasteiger partial charge in [-0.25, -0.2) is 4.98 Å². The van der Waals surface area contributed by atoms with Gasteiger partial charge in [-0.15, -0.1) is 0 Å². The Morgan fingerprint density at radius 1 is 1.24 bits per heavy atom. The van der Waals surface area contributed by atoms with Crippen LogP contribution in [0.5, 0.6) is 0 Å². The van der Waals surface area contributed by atoms with Crippen molar-refractivity contribution in [1.82, 2.24) is 9.88 Å². The van der Waals surface area contributed by atoms with Gasteiger partial charge in [0.15, 0.2) is 0 Å². The molecular formula is C23H28N2O4. The summed E-state index contributed by atoms with van der Waals surface area (Å²) in [7, 11) is 0. The van der Waals surface area contributed by atoms with Crippen molar-refractivity contribution in [3.8, 4) is 11.5 Å². The Hall–Kier alpha value is -2.63. The molecule has 1 amide bonds. The standard InChI is InChI=1S/C23H28N2O4/c1-23(2,3)29-20(26)13-17(15-9-10-15)22(27)25-12-11-18-19(14-25)28-21(24-18)16-7-5-4-6-8-16/h4-8,15,17H,9-14H2,1-3H3. The Labute approximate surface area is 171 Å². The number of ether oxygens (including phenoxy) is 1. The average molecular weight is 396 g/mol. The molecule has 0 N–H and O–H groups in total. The van der Waals surface area contributed by atoms with Gasteiger partial charge in [0, 0.05) is 18.5 Å². The molecule has 0 spiro atoms. The maximum atomic E-state index is 13.2. The topological polar surface area (TPSA) is 72.6 Å². The van der Waals surface area contributed by atoms with Crippen LogP contribution in [0.1, 0.15) is 51.5 Å². The number of esters is 1. The van der Waals surface area contributed by atoms with Crippen LogP contribution in [-0.4, -0.2) is 33.9 Å². The summed E-state index contributed by atoms with van der Waals surface area (Å²) in [5, 5.41) is 0. The first-order valence-corrected chi connectivity index (χ1v) is 10.3. The van der Waals surface area contributed by atoms with Crippen LogP contribution in [0.3, 0.4) is 0 Å². The Balaban J connectivity index is 1.45. The Morgan fingerprint density at radius 2 is 1.97 bits per heavy atom. The lowest BCUT2D eigenvalue weighted by atomic mass is 9.96. The first-order valence-electron chi connectivity index (χ1n) is 10.3. The molecule has 1 fully saturated rings. The van der Waals surface area contributed by atoms with Crippen LogP contribution in [0.2, 0.25) is 0 Å². The van der Waals surface area contributed by atoms with Crippen molar-refractivity contribution in [3.63, 3.8) is 0 Å². The second-order valence-corrected chi connectivity index (χ2v) is 9.00. The van der Waals surface area contributed by atoms with Crippen molar-refractivity contribution < 1.29 is 18.7 Å². The Kier molecular flexibility index (Phi) is 5.19. The van der Waals surface area contributed by atoms with Crippen LogP contribution in [0, 0.1) is 11.8 Å². The van der Waals surface area contributed by atoms with Crippen LogP contribution >= 0.6 is 0 Å². The monoisotopic (exact) mass is 396 g/mol. The predicted molar refractivity (Wildman–Crippen MR) is 108 cm³/mol. The first-order chi connectivity index (χ1) is 13.8. The number of amides is 1. The van der Waals surface area contributed by atoms with Gasteiger partial charge in [0.25, 0.3) is 0 Å². The molecule has 1 atom stereocenters. The first kappa shape index (κ1) is 19.7. The number of hydrogen-bond donors (Lipinski definition) is 0. The van der Waals surface area contributed by atoms with Gasteiger partial charge in [0.2, 0.25) is 11.8 Å². The number of fused-ring (bicyclic) bond motifs is 1. The molecule has 2 aliphatic rings. The second-order valence-electron chi connectivity index (χ2n) is 9.00. The van der Waals surface area contributed by atoms with Crippen molar-refractivity contribution in [3.05, 3.63) is 41.8 Å². The highest BCUT2D eigenvalue weighted by Crippen LogP contribution is 2.40. The van der Waals surface area contributed by atoms with Crippen LogP contribution in [0.15, 0.2) is 34.7 Å². The number of rotatable bonds is 5. The predicted octanol–water partition coefficient (Wildman–Crippen LogP) is 3.98. The van der Waals surface area contributed by atoms with Crippen molar-refractivity contribution in [2.45, 2.75) is 58.6 Å². The van der Waals surface area contributed by atoms with Crippen LogP contribution in [0.25, 0.3) is 11.5 Å². The fraction of sp³-hybridized carbons (Fsp3) is 0.522. The molecule has 154 valence electrons. The summed E-state index contributed by atoms with van der Waals surface area (Å²) in [6, 6.07) is 9.78. The average Bonchev–Trinajstić information content (AvgIpc) is 3.42. The zero-order valence-electron chi connectivity index (χ0n) is 17.3. The highest BCUT2D eigenvalue weighted by Gasteiger charge is 2.41. The molecular weight excluding hydrogens is 368 g/mol. The number of hydrogen-bond acceptors (Lipinski definition) is 5. The quantitative estimate of drug-likeness (QED) is 0.715. The van der Waals surface area contributed by atoms with E-state index < -0.39 is 5.60 Å². The number of carbonyl (C=O) groups excluding carboxylic acids is 2. The number of benzene rings is 1. The zero-order valence-corrected chi connectivity index (χ0v) is 17.3. The Bertz CT molecular complexity index is 893. The molecule has 0 bridgehead atoms. The van der Waals surface area contributed by atoms with Crippen LogP contribution in [0.4, 0.5) is 0 Å². The van der Waals surface area contributed by atoms with E-state index in [-0.39, 0.29) is 30.1 Å². The van der Waals surface area contributed by atoms with E-state index in [4.69, 9.17) is 9.15 Å². The van der Waals surface area contributed by atoms with Crippen molar-refractivity contribution >= 4 is 11.9 Å². The Morgan fingerprint density at radius 3 is 2.62 bits per heavy atom. The molecule has 0 radical (unpaired) electrons. The summed E-state index contributed by atoms with van der Waals surface area (Å²) in [6.45, 7) is 6.55. The molecule has 2 aromatic rings. The number of oxazole rings is 1. The van der Waals surface area contributed by atoms with Crippen LogP contribution in [-0.2, 0) is 27.3 Å². The van der Waals surface area contributed by atoms with E-state index >= 15 is 0 Å². The number of carbonyl (C=O) groups is 2. The molecule has 4 rings (SSSR count). The summed E-state index contributed by atoms with van der Waals surface area (Å²) < 4.78 is 11.4. The molecule has 2 heterocycles. The van der Waals surface area contributed by atoms with E-state index in [9.17, 15) is 9.59 Å². The lowest BCUT2D eigenvalue weighted by molar-refractivity contribution is -0.159. The van der Waals surface area contributed by atoms with E-state index in [1.807, 2.05) is 56.0 Å². The smallest absolute Gasteiger partial charge is 0.307 e. The summed E-state index contributed by atoms with van der Waals surface area (Å²) in [6.07, 6.45) is 2.81. The number of nitrogens with zero attached hydrogens (tertiary/aromatic N) is 2. The van der Waals surface area contributed by atoms with Crippen LogP contribution < -0.4 is 0 Å². The van der Waals surface area contributed by atoms with Gasteiger partial charge in [-0.3, -0.25) is 9.59 Å². The molecule has 6 nitrogen and oxygen atoms in total. The minimum Gasteiger partial charge on any atom is -0.460 e. The summed E-state index contributed by atoms with van der Waals surface area (Å²) >= 11 is 0. The maximum absolute atomic E-state index is 13.2.